The highest BCUT2D eigenvalue weighted by Gasteiger charge is 2.38. The van der Waals surface area contributed by atoms with E-state index >= 15 is 0 Å². The van der Waals surface area contributed by atoms with Crippen LogP contribution in [0.5, 0.6) is 5.75 Å². The Hall–Kier alpha value is -1.42. The van der Waals surface area contributed by atoms with Crippen molar-refractivity contribution in [2.24, 2.45) is 0 Å². The number of fused-ring (bicyclic) bond motifs is 3. The number of ether oxygens (including phenoxy) is 1. The summed E-state index contributed by atoms with van der Waals surface area (Å²) in [7, 11) is 0. The first-order chi connectivity index (χ1) is 10.8. The SMILES string of the molecule is CC(C)(C)OC(=O)N1CC(CCl)c2c1cc(O)c1c2CCCC1. The summed E-state index contributed by atoms with van der Waals surface area (Å²) in [4.78, 5) is 14.2. The maximum Gasteiger partial charge on any atom is 0.414 e. The Bertz CT molecular complexity index is 636. The Morgan fingerprint density at radius 2 is 2.00 bits per heavy atom. The van der Waals surface area contributed by atoms with Crippen LogP contribution in [-0.4, -0.2) is 29.2 Å². The van der Waals surface area contributed by atoms with Gasteiger partial charge in [-0.1, -0.05) is 0 Å². The predicted molar refractivity (Wildman–Crippen MR) is 91.8 cm³/mol. The van der Waals surface area contributed by atoms with Gasteiger partial charge in [0.1, 0.15) is 11.4 Å². The molecule has 0 bridgehead atoms. The number of halogens is 1. The van der Waals surface area contributed by atoms with Gasteiger partial charge in [0, 0.05) is 24.4 Å². The Kier molecular flexibility index (Phi) is 4.21. The number of aromatic hydroxyl groups is 1. The van der Waals surface area contributed by atoms with Gasteiger partial charge in [-0.2, -0.15) is 0 Å². The number of phenolic OH excluding ortho intramolecular Hbond substituents is 1. The monoisotopic (exact) mass is 337 g/mol. The number of phenols is 1. The molecule has 0 saturated carbocycles. The minimum atomic E-state index is -0.549. The fraction of sp³-hybridized carbons (Fsp3) is 0.611. The average Bonchev–Trinajstić information content (AvgIpc) is 2.84. The van der Waals surface area contributed by atoms with Crippen molar-refractivity contribution in [2.75, 3.05) is 17.3 Å². The molecule has 0 fully saturated rings. The van der Waals surface area contributed by atoms with Crippen molar-refractivity contribution in [3.8, 4) is 5.75 Å². The van der Waals surface area contributed by atoms with E-state index in [2.05, 4.69) is 0 Å². The summed E-state index contributed by atoms with van der Waals surface area (Å²) >= 11 is 6.18. The van der Waals surface area contributed by atoms with Crippen LogP contribution >= 0.6 is 11.6 Å². The number of carbonyl (C=O) groups is 1. The molecule has 1 atom stereocenters. The zero-order chi connectivity index (χ0) is 16.8. The van der Waals surface area contributed by atoms with E-state index in [1.54, 1.807) is 11.0 Å². The molecule has 1 amide bonds. The smallest absolute Gasteiger partial charge is 0.414 e. The summed E-state index contributed by atoms with van der Waals surface area (Å²) < 4.78 is 5.52. The molecule has 2 aliphatic rings. The number of benzene rings is 1. The van der Waals surface area contributed by atoms with E-state index in [1.165, 1.54) is 5.56 Å². The Morgan fingerprint density at radius 3 is 2.61 bits per heavy atom. The molecule has 1 aliphatic heterocycles. The van der Waals surface area contributed by atoms with Crippen LogP contribution in [0.25, 0.3) is 0 Å². The Balaban J connectivity index is 2.04. The van der Waals surface area contributed by atoms with Crippen molar-refractivity contribution in [2.45, 2.75) is 58.0 Å². The standard InChI is InChI=1S/C18H24ClNO3/c1-18(2,3)23-17(22)20-10-11(9-19)16-13-7-5-4-6-12(13)15(21)8-14(16)20/h8,11,21H,4-7,9-10H2,1-3H3. The third-order valence-electron chi connectivity index (χ3n) is 4.55. The maximum absolute atomic E-state index is 12.5. The van der Waals surface area contributed by atoms with Crippen LogP contribution < -0.4 is 4.90 Å². The highest BCUT2D eigenvalue weighted by Crippen LogP contribution is 2.46. The minimum absolute atomic E-state index is 0.103. The topological polar surface area (TPSA) is 49.8 Å². The van der Waals surface area contributed by atoms with E-state index in [1.807, 2.05) is 20.8 Å². The number of hydrogen-bond donors (Lipinski definition) is 1. The summed E-state index contributed by atoms with van der Waals surface area (Å²) in [5, 5.41) is 10.4. The van der Waals surface area contributed by atoms with E-state index in [-0.39, 0.29) is 12.0 Å². The average molecular weight is 338 g/mol. The fourth-order valence-electron chi connectivity index (χ4n) is 3.64. The van der Waals surface area contributed by atoms with Gasteiger partial charge >= 0.3 is 6.09 Å². The highest BCUT2D eigenvalue weighted by atomic mass is 35.5. The molecule has 0 radical (unpaired) electrons. The molecule has 1 aliphatic carbocycles. The number of hydrogen-bond acceptors (Lipinski definition) is 3. The first kappa shape index (κ1) is 16.4. The van der Waals surface area contributed by atoms with E-state index in [9.17, 15) is 9.90 Å². The van der Waals surface area contributed by atoms with Crippen molar-refractivity contribution in [3.05, 3.63) is 22.8 Å². The number of alkyl halides is 1. The lowest BCUT2D eigenvalue weighted by atomic mass is 9.84. The zero-order valence-corrected chi connectivity index (χ0v) is 14.7. The van der Waals surface area contributed by atoms with Crippen molar-refractivity contribution in [1.82, 2.24) is 0 Å². The number of nitrogens with zero attached hydrogens (tertiary/aromatic N) is 1. The van der Waals surface area contributed by atoms with Crippen molar-refractivity contribution >= 4 is 23.4 Å². The molecule has 126 valence electrons. The minimum Gasteiger partial charge on any atom is -0.508 e. The van der Waals surface area contributed by atoms with Crippen LogP contribution in [0, 0.1) is 0 Å². The number of rotatable bonds is 1. The van der Waals surface area contributed by atoms with E-state index in [0.29, 0.717) is 18.2 Å². The Labute approximate surface area is 142 Å². The number of anilines is 1. The molecule has 5 heteroatoms. The van der Waals surface area contributed by atoms with Crippen LogP contribution in [0.2, 0.25) is 0 Å². The van der Waals surface area contributed by atoms with Gasteiger partial charge in [-0.15, -0.1) is 11.6 Å². The van der Waals surface area contributed by atoms with E-state index in [4.69, 9.17) is 16.3 Å². The van der Waals surface area contributed by atoms with E-state index in [0.717, 1.165) is 42.5 Å². The third kappa shape index (κ3) is 3.01. The van der Waals surface area contributed by atoms with Gasteiger partial charge in [0.25, 0.3) is 0 Å². The summed E-state index contributed by atoms with van der Waals surface area (Å²) in [5.74, 6) is 0.859. The van der Waals surface area contributed by atoms with Crippen molar-refractivity contribution in [3.63, 3.8) is 0 Å². The second-order valence-electron chi connectivity index (χ2n) is 7.43. The number of carbonyl (C=O) groups excluding carboxylic acids is 1. The van der Waals surface area contributed by atoms with Gasteiger partial charge < -0.3 is 9.84 Å². The first-order valence-corrected chi connectivity index (χ1v) is 8.79. The normalized spacial score (nSPS) is 20.2. The lowest BCUT2D eigenvalue weighted by Crippen LogP contribution is -2.36. The van der Waals surface area contributed by atoms with Crippen molar-refractivity contribution in [1.29, 1.82) is 0 Å². The molecule has 1 heterocycles. The van der Waals surface area contributed by atoms with Crippen LogP contribution in [-0.2, 0) is 17.6 Å². The maximum atomic E-state index is 12.5. The zero-order valence-electron chi connectivity index (χ0n) is 14.0. The van der Waals surface area contributed by atoms with Gasteiger partial charge in [0.05, 0.1) is 5.69 Å². The molecule has 0 spiro atoms. The van der Waals surface area contributed by atoms with Gasteiger partial charge in [0.2, 0.25) is 0 Å². The van der Waals surface area contributed by atoms with Crippen molar-refractivity contribution < 1.29 is 14.6 Å². The number of amides is 1. The van der Waals surface area contributed by atoms with Crippen LogP contribution in [0.15, 0.2) is 6.07 Å². The quantitative estimate of drug-likeness (QED) is 0.775. The third-order valence-corrected chi connectivity index (χ3v) is 4.93. The molecule has 0 aromatic heterocycles. The van der Waals surface area contributed by atoms with E-state index < -0.39 is 5.60 Å². The fourth-order valence-corrected chi connectivity index (χ4v) is 3.89. The predicted octanol–water partition coefficient (Wildman–Crippen LogP) is 4.35. The molecule has 23 heavy (non-hydrogen) atoms. The first-order valence-electron chi connectivity index (χ1n) is 8.26. The lowest BCUT2D eigenvalue weighted by Gasteiger charge is -2.26. The second kappa shape index (κ2) is 5.90. The van der Waals surface area contributed by atoms with Crippen LogP contribution in [0.4, 0.5) is 10.5 Å². The van der Waals surface area contributed by atoms with Gasteiger partial charge in [-0.3, -0.25) is 4.90 Å². The highest BCUT2D eigenvalue weighted by molar-refractivity contribution is 6.18. The lowest BCUT2D eigenvalue weighted by molar-refractivity contribution is 0.0582. The molecule has 1 aromatic rings. The van der Waals surface area contributed by atoms with Gasteiger partial charge in [0.15, 0.2) is 0 Å². The summed E-state index contributed by atoms with van der Waals surface area (Å²) in [6.45, 7) is 6.07. The molecular weight excluding hydrogens is 314 g/mol. The molecule has 3 rings (SSSR count). The summed E-state index contributed by atoms with van der Waals surface area (Å²) in [6, 6.07) is 1.72. The molecule has 1 aromatic carbocycles. The molecular formula is C18H24ClNO3. The largest absolute Gasteiger partial charge is 0.508 e. The molecule has 4 nitrogen and oxygen atoms in total. The van der Waals surface area contributed by atoms with Gasteiger partial charge in [-0.05, 0) is 63.1 Å². The van der Waals surface area contributed by atoms with Crippen LogP contribution in [0.1, 0.15) is 56.2 Å². The van der Waals surface area contributed by atoms with Crippen LogP contribution in [0.3, 0.4) is 0 Å². The summed E-state index contributed by atoms with van der Waals surface area (Å²) in [5.41, 5.74) is 3.59. The second-order valence-corrected chi connectivity index (χ2v) is 7.74. The Morgan fingerprint density at radius 1 is 1.35 bits per heavy atom. The van der Waals surface area contributed by atoms with Gasteiger partial charge in [-0.25, -0.2) is 4.79 Å². The summed E-state index contributed by atoms with van der Waals surface area (Å²) in [6.07, 6.45) is 3.68. The molecule has 1 N–H and O–H groups in total. The molecule has 1 unspecified atom stereocenters. The molecule has 0 saturated heterocycles.